The first kappa shape index (κ1) is 17.2. The molecule has 0 saturated carbocycles. The summed E-state index contributed by atoms with van der Waals surface area (Å²) in [5.41, 5.74) is 3.53. The molecule has 136 valence electrons. The fraction of sp³-hybridized carbons (Fsp3) is 0.190. The van der Waals surface area contributed by atoms with Gasteiger partial charge in [-0.2, -0.15) is 0 Å². The summed E-state index contributed by atoms with van der Waals surface area (Å²) in [6.45, 7) is 2.29. The molecule has 0 spiro atoms. The SMILES string of the molecule is Oc1ccccc1-c1cc2cc[nH]c2nn1.c1cc([C@@H]2CCNC2)ccn1. The van der Waals surface area contributed by atoms with Crippen LogP contribution in [0.15, 0.2) is 67.1 Å². The predicted molar refractivity (Wildman–Crippen MR) is 105 cm³/mol. The van der Waals surface area contributed by atoms with Crippen LogP contribution in [-0.4, -0.2) is 38.4 Å². The van der Waals surface area contributed by atoms with Crippen molar-refractivity contribution in [2.75, 3.05) is 13.1 Å². The van der Waals surface area contributed by atoms with E-state index >= 15 is 0 Å². The molecule has 1 aliphatic rings. The van der Waals surface area contributed by atoms with Gasteiger partial charge in [-0.05, 0) is 60.8 Å². The summed E-state index contributed by atoms with van der Waals surface area (Å²) in [4.78, 5) is 6.97. The van der Waals surface area contributed by atoms with E-state index in [1.807, 2.05) is 42.9 Å². The van der Waals surface area contributed by atoms with E-state index in [1.165, 1.54) is 12.0 Å². The maximum absolute atomic E-state index is 9.71. The monoisotopic (exact) mass is 359 g/mol. The van der Waals surface area contributed by atoms with E-state index in [1.54, 1.807) is 12.1 Å². The molecule has 1 atom stereocenters. The molecule has 3 aromatic heterocycles. The zero-order valence-electron chi connectivity index (χ0n) is 14.8. The van der Waals surface area contributed by atoms with Crippen molar-refractivity contribution in [2.24, 2.45) is 0 Å². The highest BCUT2D eigenvalue weighted by molar-refractivity contribution is 5.80. The number of phenolic OH excluding ortho intramolecular Hbond substituents is 1. The van der Waals surface area contributed by atoms with Gasteiger partial charge < -0.3 is 15.4 Å². The second-order valence-electron chi connectivity index (χ2n) is 6.50. The first-order chi connectivity index (χ1) is 13.3. The third-order valence-electron chi connectivity index (χ3n) is 4.72. The number of H-pyrrole nitrogens is 1. The summed E-state index contributed by atoms with van der Waals surface area (Å²) in [5, 5.41) is 22.2. The standard InChI is InChI=1S/C12H9N3O.C9H12N2/c16-11-4-2-1-3-9(11)10-7-8-5-6-13-12(8)15-14-10;1-4-10-5-2-8(1)9-3-6-11-7-9/h1-7,16H,(H,13,15);1-2,4-5,9,11H,3,6-7H2/t;9-/m.1/s1. The summed E-state index contributed by atoms with van der Waals surface area (Å²) < 4.78 is 0. The summed E-state index contributed by atoms with van der Waals surface area (Å²) in [6, 6.07) is 15.1. The lowest BCUT2D eigenvalue weighted by molar-refractivity contribution is 0.477. The molecule has 3 N–H and O–H groups in total. The maximum atomic E-state index is 9.71. The van der Waals surface area contributed by atoms with Gasteiger partial charge in [0, 0.05) is 36.1 Å². The van der Waals surface area contributed by atoms with Crippen LogP contribution in [0.4, 0.5) is 0 Å². The lowest BCUT2D eigenvalue weighted by Gasteiger charge is -2.06. The minimum absolute atomic E-state index is 0.215. The molecule has 0 bridgehead atoms. The van der Waals surface area contributed by atoms with Crippen molar-refractivity contribution in [1.82, 2.24) is 25.5 Å². The zero-order valence-corrected chi connectivity index (χ0v) is 14.8. The van der Waals surface area contributed by atoms with E-state index < -0.39 is 0 Å². The molecular formula is C21H21N5O. The third kappa shape index (κ3) is 3.96. The number of pyridine rings is 1. The number of aromatic hydroxyl groups is 1. The van der Waals surface area contributed by atoms with Crippen molar-refractivity contribution < 1.29 is 5.11 Å². The van der Waals surface area contributed by atoms with Crippen molar-refractivity contribution in [3.8, 4) is 17.0 Å². The molecule has 4 aromatic rings. The Labute approximate surface area is 157 Å². The van der Waals surface area contributed by atoms with E-state index in [9.17, 15) is 5.11 Å². The maximum Gasteiger partial charge on any atom is 0.159 e. The number of nitrogens with one attached hydrogen (secondary N) is 2. The molecule has 0 radical (unpaired) electrons. The molecule has 27 heavy (non-hydrogen) atoms. The van der Waals surface area contributed by atoms with Crippen LogP contribution in [0.25, 0.3) is 22.3 Å². The Morgan fingerprint density at radius 2 is 1.85 bits per heavy atom. The van der Waals surface area contributed by atoms with E-state index in [0.717, 1.165) is 30.0 Å². The highest BCUT2D eigenvalue weighted by atomic mass is 16.3. The van der Waals surface area contributed by atoms with Gasteiger partial charge in [0.05, 0.1) is 5.69 Å². The van der Waals surface area contributed by atoms with Crippen LogP contribution in [0.3, 0.4) is 0 Å². The van der Waals surface area contributed by atoms with E-state index in [4.69, 9.17) is 0 Å². The molecule has 6 heteroatoms. The number of phenols is 1. The highest BCUT2D eigenvalue weighted by Gasteiger charge is 2.15. The number of hydrogen-bond donors (Lipinski definition) is 3. The molecule has 1 fully saturated rings. The number of aromatic amines is 1. The quantitative estimate of drug-likeness (QED) is 0.510. The minimum atomic E-state index is 0.215. The Morgan fingerprint density at radius 3 is 2.63 bits per heavy atom. The van der Waals surface area contributed by atoms with Gasteiger partial charge in [-0.25, -0.2) is 0 Å². The third-order valence-corrected chi connectivity index (χ3v) is 4.72. The van der Waals surface area contributed by atoms with E-state index in [2.05, 4.69) is 37.6 Å². The number of nitrogens with zero attached hydrogens (tertiary/aromatic N) is 3. The summed E-state index contributed by atoms with van der Waals surface area (Å²) in [7, 11) is 0. The van der Waals surface area contributed by atoms with E-state index in [-0.39, 0.29) is 5.75 Å². The van der Waals surface area contributed by atoms with Crippen molar-refractivity contribution in [3.05, 3.63) is 72.7 Å². The number of para-hydroxylation sites is 1. The van der Waals surface area contributed by atoms with Crippen molar-refractivity contribution in [2.45, 2.75) is 12.3 Å². The van der Waals surface area contributed by atoms with Crippen molar-refractivity contribution in [1.29, 1.82) is 0 Å². The molecule has 1 saturated heterocycles. The molecule has 5 rings (SSSR count). The number of hydrogen-bond acceptors (Lipinski definition) is 5. The number of benzene rings is 1. The predicted octanol–water partition coefficient (Wildman–Crippen LogP) is 3.49. The summed E-state index contributed by atoms with van der Waals surface area (Å²) >= 11 is 0. The van der Waals surface area contributed by atoms with Gasteiger partial charge in [0.2, 0.25) is 0 Å². The summed E-state index contributed by atoms with van der Waals surface area (Å²) in [5.74, 6) is 0.935. The van der Waals surface area contributed by atoms with Gasteiger partial charge in [0.25, 0.3) is 0 Å². The first-order valence-corrected chi connectivity index (χ1v) is 9.01. The van der Waals surface area contributed by atoms with Gasteiger partial charge >= 0.3 is 0 Å². The van der Waals surface area contributed by atoms with Crippen LogP contribution in [-0.2, 0) is 0 Å². The van der Waals surface area contributed by atoms with Gasteiger partial charge in [0.1, 0.15) is 5.75 Å². The van der Waals surface area contributed by atoms with Crippen molar-refractivity contribution in [3.63, 3.8) is 0 Å². The Morgan fingerprint density at radius 1 is 1.00 bits per heavy atom. The van der Waals surface area contributed by atoms with Gasteiger partial charge in [-0.1, -0.05) is 12.1 Å². The molecule has 4 heterocycles. The average Bonchev–Trinajstić information content (AvgIpc) is 3.41. The minimum Gasteiger partial charge on any atom is -0.507 e. The smallest absolute Gasteiger partial charge is 0.159 e. The summed E-state index contributed by atoms with van der Waals surface area (Å²) in [6.07, 6.45) is 6.82. The number of fused-ring (bicyclic) bond motifs is 1. The number of rotatable bonds is 2. The first-order valence-electron chi connectivity index (χ1n) is 9.01. The van der Waals surface area contributed by atoms with Crippen LogP contribution >= 0.6 is 0 Å². The van der Waals surface area contributed by atoms with Crippen LogP contribution in [0.2, 0.25) is 0 Å². The highest BCUT2D eigenvalue weighted by Crippen LogP contribution is 2.27. The average molecular weight is 359 g/mol. The molecule has 1 aliphatic heterocycles. The zero-order chi connectivity index (χ0) is 18.5. The van der Waals surface area contributed by atoms with Crippen LogP contribution < -0.4 is 5.32 Å². The largest absolute Gasteiger partial charge is 0.507 e. The lowest BCUT2D eigenvalue weighted by atomic mass is 10.0. The van der Waals surface area contributed by atoms with Gasteiger partial charge in [0.15, 0.2) is 5.65 Å². The Hall–Kier alpha value is -3.25. The lowest BCUT2D eigenvalue weighted by Crippen LogP contribution is -2.07. The van der Waals surface area contributed by atoms with E-state index in [0.29, 0.717) is 11.3 Å². The Kier molecular flexibility index (Phi) is 5.07. The van der Waals surface area contributed by atoms with Crippen molar-refractivity contribution >= 4 is 11.0 Å². The van der Waals surface area contributed by atoms with Crippen LogP contribution in [0.5, 0.6) is 5.75 Å². The second-order valence-corrected chi connectivity index (χ2v) is 6.50. The number of aromatic nitrogens is 4. The topological polar surface area (TPSA) is 86.7 Å². The Bertz CT molecular complexity index is 1010. The Balaban J connectivity index is 0.000000143. The molecule has 0 unspecified atom stereocenters. The fourth-order valence-corrected chi connectivity index (χ4v) is 3.25. The van der Waals surface area contributed by atoms with Gasteiger partial charge in [-0.3, -0.25) is 4.98 Å². The van der Waals surface area contributed by atoms with Gasteiger partial charge in [-0.15, -0.1) is 10.2 Å². The molecule has 0 amide bonds. The molecule has 6 nitrogen and oxygen atoms in total. The second kappa shape index (κ2) is 7.97. The molecular weight excluding hydrogens is 338 g/mol. The molecule has 1 aromatic carbocycles. The fourth-order valence-electron chi connectivity index (χ4n) is 3.25. The normalized spacial score (nSPS) is 16.1. The van der Waals surface area contributed by atoms with Crippen LogP contribution in [0, 0.1) is 0 Å². The van der Waals surface area contributed by atoms with Crippen LogP contribution in [0.1, 0.15) is 17.9 Å². The molecule has 0 aliphatic carbocycles.